The van der Waals surface area contributed by atoms with Crippen molar-refractivity contribution in [3.05, 3.63) is 46.4 Å². The maximum atomic E-state index is 3.55. The van der Waals surface area contributed by atoms with Gasteiger partial charge in [-0.15, -0.1) is 0 Å². The average Bonchev–Trinajstić information content (AvgIpc) is 2.04. The summed E-state index contributed by atoms with van der Waals surface area (Å²) in [5.74, 6) is 0. The lowest BCUT2D eigenvalue weighted by Crippen LogP contribution is -1.78. The number of rotatable bonds is 0. The molecule has 0 aromatic heterocycles. The topological polar surface area (TPSA) is 0 Å². The highest BCUT2D eigenvalue weighted by molar-refractivity contribution is 9.10. The summed E-state index contributed by atoms with van der Waals surface area (Å²) in [4.78, 5) is 0. The SMILES string of the molecule is Cc1cccc2cccc(Br)c12. The van der Waals surface area contributed by atoms with Gasteiger partial charge in [-0.3, -0.25) is 0 Å². The minimum atomic E-state index is 1.18. The van der Waals surface area contributed by atoms with Crippen LogP contribution < -0.4 is 0 Å². The van der Waals surface area contributed by atoms with Gasteiger partial charge in [0.2, 0.25) is 0 Å². The minimum absolute atomic E-state index is 1.18. The number of hydrogen-bond donors (Lipinski definition) is 0. The van der Waals surface area contributed by atoms with Crippen LogP contribution in [0.3, 0.4) is 0 Å². The van der Waals surface area contributed by atoms with E-state index in [4.69, 9.17) is 0 Å². The standard InChI is InChI=1S/C11H9Br/c1-8-4-2-5-9-6-3-7-10(12)11(8)9/h2-7H,1H3. The monoisotopic (exact) mass is 220 g/mol. The fourth-order valence-electron chi connectivity index (χ4n) is 1.48. The van der Waals surface area contributed by atoms with Crippen molar-refractivity contribution < 1.29 is 0 Å². The van der Waals surface area contributed by atoms with Gasteiger partial charge in [-0.25, -0.2) is 0 Å². The molecule has 12 heavy (non-hydrogen) atoms. The molecule has 1 heteroatoms. The number of aryl methyl sites for hydroxylation is 1. The Morgan fingerprint density at radius 2 is 1.67 bits per heavy atom. The van der Waals surface area contributed by atoms with Crippen LogP contribution in [-0.4, -0.2) is 0 Å². The highest BCUT2D eigenvalue weighted by atomic mass is 79.9. The van der Waals surface area contributed by atoms with Crippen LogP contribution in [-0.2, 0) is 0 Å². The molecule has 0 N–H and O–H groups in total. The van der Waals surface area contributed by atoms with Crippen molar-refractivity contribution in [1.82, 2.24) is 0 Å². The van der Waals surface area contributed by atoms with Gasteiger partial charge in [0.1, 0.15) is 0 Å². The molecule has 0 unspecified atom stereocenters. The summed E-state index contributed by atoms with van der Waals surface area (Å²) in [6.45, 7) is 2.13. The van der Waals surface area contributed by atoms with Crippen LogP contribution in [0.1, 0.15) is 5.56 Å². The lowest BCUT2D eigenvalue weighted by Gasteiger charge is -2.02. The third-order valence-corrected chi connectivity index (χ3v) is 2.72. The Labute approximate surface area is 80.3 Å². The first-order chi connectivity index (χ1) is 5.79. The van der Waals surface area contributed by atoms with Crippen molar-refractivity contribution in [2.24, 2.45) is 0 Å². The summed E-state index contributed by atoms with van der Waals surface area (Å²) in [7, 11) is 0. The molecule has 2 aromatic carbocycles. The van der Waals surface area contributed by atoms with E-state index in [1.165, 1.54) is 20.8 Å². The molecule has 0 aliphatic carbocycles. The number of fused-ring (bicyclic) bond motifs is 1. The van der Waals surface area contributed by atoms with E-state index in [1.54, 1.807) is 0 Å². The molecule has 0 nitrogen and oxygen atoms in total. The van der Waals surface area contributed by atoms with Gasteiger partial charge in [0.15, 0.2) is 0 Å². The van der Waals surface area contributed by atoms with Crippen LogP contribution >= 0.6 is 15.9 Å². The zero-order valence-electron chi connectivity index (χ0n) is 6.84. The Balaban J connectivity index is 2.96. The van der Waals surface area contributed by atoms with Crippen molar-refractivity contribution in [1.29, 1.82) is 0 Å². The second-order valence-corrected chi connectivity index (χ2v) is 3.77. The predicted molar refractivity (Wildman–Crippen MR) is 56.4 cm³/mol. The molecule has 60 valence electrons. The van der Waals surface area contributed by atoms with Crippen LogP contribution in [0, 0.1) is 6.92 Å². The van der Waals surface area contributed by atoms with E-state index in [0.717, 1.165) is 0 Å². The highest BCUT2D eigenvalue weighted by Crippen LogP contribution is 2.26. The van der Waals surface area contributed by atoms with Gasteiger partial charge < -0.3 is 0 Å². The van der Waals surface area contributed by atoms with Crippen LogP contribution in [0.15, 0.2) is 40.9 Å². The zero-order chi connectivity index (χ0) is 8.55. The molecule has 0 bridgehead atoms. The van der Waals surface area contributed by atoms with Crippen molar-refractivity contribution in [3.8, 4) is 0 Å². The molecule has 2 aromatic rings. The molecule has 0 saturated carbocycles. The average molecular weight is 221 g/mol. The largest absolute Gasteiger partial charge is 0.0614 e. The predicted octanol–water partition coefficient (Wildman–Crippen LogP) is 3.91. The third-order valence-electron chi connectivity index (χ3n) is 2.06. The summed E-state index contributed by atoms with van der Waals surface area (Å²) in [5.41, 5.74) is 1.32. The number of benzene rings is 2. The molecule has 0 saturated heterocycles. The van der Waals surface area contributed by atoms with Crippen LogP contribution in [0.4, 0.5) is 0 Å². The van der Waals surface area contributed by atoms with Gasteiger partial charge in [0.25, 0.3) is 0 Å². The molecule has 0 radical (unpaired) electrons. The Morgan fingerprint density at radius 1 is 1.00 bits per heavy atom. The first kappa shape index (κ1) is 7.81. The van der Waals surface area contributed by atoms with E-state index in [2.05, 4.69) is 59.3 Å². The van der Waals surface area contributed by atoms with E-state index in [-0.39, 0.29) is 0 Å². The van der Waals surface area contributed by atoms with E-state index in [9.17, 15) is 0 Å². The Bertz CT molecular complexity index is 382. The van der Waals surface area contributed by atoms with Gasteiger partial charge in [-0.2, -0.15) is 0 Å². The highest BCUT2D eigenvalue weighted by Gasteiger charge is 1.98. The van der Waals surface area contributed by atoms with E-state index in [1.807, 2.05) is 0 Å². The summed E-state index contributed by atoms with van der Waals surface area (Å²) in [6.07, 6.45) is 0. The van der Waals surface area contributed by atoms with E-state index in [0.29, 0.717) is 0 Å². The van der Waals surface area contributed by atoms with Gasteiger partial charge in [-0.1, -0.05) is 46.3 Å². The first-order valence-corrected chi connectivity index (χ1v) is 4.72. The summed E-state index contributed by atoms with van der Waals surface area (Å²) in [5, 5.41) is 2.62. The fraction of sp³-hybridized carbons (Fsp3) is 0.0909. The molecule has 0 aliphatic heterocycles. The normalized spacial score (nSPS) is 10.5. The summed E-state index contributed by atoms with van der Waals surface area (Å²) >= 11 is 3.55. The molecule has 2 rings (SSSR count). The van der Waals surface area contributed by atoms with Crippen molar-refractivity contribution in [2.45, 2.75) is 6.92 Å². The zero-order valence-corrected chi connectivity index (χ0v) is 8.43. The minimum Gasteiger partial charge on any atom is -0.0614 e. The lowest BCUT2D eigenvalue weighted by atomic mass is 10.1. The Morgan fingerprint density at radius 3 is 2.33 bits per heavy atom. The van der Waals surface area contributed by atoms with Gasteiger partial charge >= 0.3 is 0 Å². The second kappa shape index (κ2) is 2.91. The van der Waals surface area contributed by atoms with Gasteiger partial charge in [0.05, 0.1) is 0 Å². The molecule has 0 spiro atoms. The first-order valence-electron chi connectivity index (χ1n) is 3.93. The molecule has 0 atom stereocenters. The number of hydrogen-bond acceptors (Lipinski definition) is 0. The quantitative estimate of drug-likeness (QED) is 0.632. The molecular formula is C11H9Br. The smallest absolute Gasteiger partial charge is 0.0256 e. The maximum absolute atomic E-state index is 3.55. The fourth-order valence-corrected chi connectivity index (χ4v) is 2.17. The molecule has 0 amide bonds. The van der Waals surface area contributed by atoms with Crippen LogP contribution in [0.2, 0.25) is 0 Å². The summed E-state index contributed by atoms with van der Waals surface area (Å²) < 4.78 is 1.18. The maximum Gasteiger partial charge on any atom is 0.0256 e. The second-order valence-electron chi connectivity index (χ2n) is 2.91. The Hall–Kier alpha value is -0.820. The van der Waals surface area contributed by atoms with Crippen LogP contribution in [0.25, 0.3) is 10.8 Å². The van der Waals surface area contributed by atoms with E-state index < -0.39 is 0 Å². The van der Waals surface area contributed by atoms with Crippen LogP contribution in [0.5, 0.6) is 0 Å². The van der Waals surface area contributed by atoms with Crippen molar-refractivity contribution >= 4 is 26.7 Å². The summed E-state index contributed by atoms with van der Waals surface area (Å²) in [6, 6.07) is 12.6. The van der Waals surface area contributed by atoms with E-state index >= 15 is 0 Å². The van der Waals surface area contributed by atoms with Gasteiger partial charge in [-0.05, 0) is 29.3 Å². The molecule has 0 aliphatic rings. The third kappa shape index (κ3) is 1.14. The molecule has 0 fully saturated rings. The van der Waals surface area contributed by atoms with Crippen molar-refractivity contribution in [2.75, 3.05) is 0 Å². The lowest BCUT2D eigenvalue weighted by molar-refractivity contribution is 1.52. The number of halogens is 1. The molecule has 0 heterocycles. The Kier molecular flexibility index (Phi) is 1.89. The van der Waals surface area contributed by atoms with Crippen molar-refractivity contribution in [3.63, 3.8) is 0 Å². The molecular weight excluding hydrogens is 212 g/mol. The van der Waals surface area contributed by atoms with Gasteiger partial charge in [0, 0.05) is 4.47 Å².